The molecule has 0 radical (unpaired) electrons. The summed E-state index contributed by atoms with van der Waals surface area (Å²) < 4.78 is 5.17. The van der Waals surface area contributed by atoms with Crippen molar-refractivity contribution in [3.8, 4) is 5.75 Å². The van der Waals surface area contributed by atoms with Crippen LogP contribution < -0.4 is 15.4 Å². The third-order valence-corrected chi connectivity index (χ3v) is 3.27. The predicted molar refractivity (Wildman–Crippen MR) is 103 cm³/mol. The van der Waals surface area contributed by atoms with Gasteiger partial charge in [0.1, 0.15) is 5.75 Å². The smallest absolute Gasteiger partial charge is 0.191 e. The lowest BCUT2D eigenvalue weighted by Gasteiger charge is -2.13. The van der Waals surface area contributed by atoms with E-state index in [2.05, 4.69) is 34.7 Å². The van der Waals surface area contributed by atoms with Crippen molar-refractivity contribution >= 4 is 29.9 Å². The molecule has 0 amide bonds. The molecular weight excluding hydrogens is 393 g/mol. The second-order valence-corrected chi connectivity index (χ2v) is 4.87. The largest absolute Gasteiger partial charge is 0.497 e. The number of hydrogen-bond donors (Lipinski definition) is 3. The lowest BCUT2D eigenvalue weighted by Crippen LogP contribution is -2.38. The van der Waals surface area contributed by atoms with E-state index in [4.69, 9.17) is 9.84 Å². The molecule has 0 fully saturated rings. The first-order valence-electron chi connectivity index (χ1n) is 7.48. The van der Waals surface area contributed by atoms with Crippen LogP contribution in [0.3, 0.4) is 0 Å². The minimum atomic E-state index is 0. The summed E-state index contributed by atoms with van der Waals surface area (Å²) in [5.74, 6) is 2.08. The number of hydrogen-bond acceptors (Lipinski definition) is 3. The van der Waals surface area contributed by atoms with Crippen LogP contribution in [0.15, 0.2) is 29.3 Å². The first-order valence-corrected chi connectivity index (χ1v) is 7.48. The Morgan fingerprint density at radius 1 is 1.27 bits per heavy atom. The van der Waals surface area contributed by atoms with Crippen LogP contribution in [-0.2, 0) is 0 Å². The highest BCUT2D eigenvalue weighted by atomic mass is 127. The molecule has 1 aromatic carbocycles. The third kappa shape index (κ3) is 7.84. The molecule has 1 rings (SSSR count). The average molecular weight is 421 g/mol. The summed E-state index contributed by atoms with van der Waals surface area (Å²) >= 11 is 0. The molecule has 3 N–H and O–H groups in total. The van der Waals surface area contributed by atoms with Crippen molar-refractivity contribution in [1.29, 1.82) is 0 Å². The fourth-order valence-corrected chi connectivity index (χ4v) is 1.99. The van der Waals surface area contributed by atoms with Crippen LogP contribution >= 0.6 is 24.0 Å². The predicted octanol–water partition coefficient (Wildman–Crippen LogP) is 2.35. The van der Waals surface area contributed by atoms with E-state index in [-0.39, 0.29) is 30.6 Å². The van der Waals surface area contributed by atoms with Crippen LogP contribution in [0, 0.1) is 0 Å². The maximum absolute atomic E-state index is 8.83. The van der Waals surface area contributed by atoms with Gasteiger partial charge >= 0.3 is 0 Å². The number of rotatable bonds is 8. The second kappa shape index (κ2) is 12.5. The maximum Gasteiger partial charge on any atom is 0.191 e. The normalized spacial score (nSPS) is 12.3. The van der Waals surface area contributed by atoms with Gasteiger partial charge in [-0.15, -0.1) is 24.0 Å². The van der Waals surface area contributed by atoms with Crippen molar-refractivity contribution in [3.05, 3.63) is 29.8 Å². The monoisotopic (exact) mass is 421 g/mol. The fourth-order valence-electron chi connectivity index (χ4n) is 1.99. The average Bonchev–Trinajstić information content (AvgIpc) is 2.52. The zero-order chi connectivity index (χ0) is 15.5. The Bertz CT molecular complexity index is 424. The first-order chi connectivity index (χ1) is 10.2. The van der Waals surface area contributed by atoms with E-state index in [1.807, 2.05) is 19.1 Å². The van der Waals surface area contributed by atoms with Gasteiger partial charge in [0.2, 0.25) is 0 Å². The first kappa shape index (κ1) is 21.0. The molecule has 5 nitrogen and oxygen atoms in total. The molecule has 0 bridgehead atoms. The number of aliphatic hydroxyl groups is 1. The number of guanidine groups is 1. The number of nitrogens with one attached hydrogen (secondary N) is 2. The Morgan fingerprint density at radius 2 is 1.95 bits per heavy atom. The van der Waals surface area contributed by atoms with Crippen LogP contribution in [-0.4, -0.2) is 44.4 Å². The van der Waals surface area contributed by atoms with Gasteiger partial charge in [-0.1, -0.05) is 19.1 Å². The molecule has 6 heteroatoms. The summed E-state index contributed by atoms with van der Waals surface area (Å²) in [5.41, 5.74) is 1.29. The fraction of sp³-hybridized carbons (Fsp3) is 0.562. The molecule has 0 aromatic heterocycles. The van der Waals surface area contributed by atoms with E-state index >= 15 is 0 Å². The Labute approximate surface area is 150 Å². The summed E-state index contributed by atoms with van der Waals surface area (Å²) in [6, 6.07) is 8.18. The summed E-state index contributed by atoms with van der Waals surface area (Å²) in [6.45, 7) is 6.40. The minimum Gasteiger partial charge on any atom is -0.497 e. The summed E-state index contributed by atoms with van der Waals surface area (Å²) in [5, 5.41) is 15.1. The van der Waals surface area contributed by atoms with E-state index in [1.54, 1.807) is 7.11 Å². The lowest BCUT2D eigenvalue weighted by molar-refractivity contribution is 0.300. The lowest BCUT2D eigenvalue weighted by atomic mass is 9.98. The molecule has 0 aliphatic heterocycles. The van der Waals surface area contributed by atoms with Crippen molar-refractivity contribution in [2.24, 2.45) is 4.99 Å². The van der Waals surface area contributed by atoms with E-state index in [1.165, 1.54) is 5.56 Å². The summed E-state index contributed by atoms with van der Waals surface area (Å²) in [7, 11) is 1.68. The van der Waals surface area contributed by atoms with Gasteiger partial charge in [0.25, 0.3) is 0 Å². The van der Waals surface area contributed by atoms with E-state index in [9.17, 15) is 0 Å². The zero-order valence-electron chi connectivity index (χ0n) is 13.6. The summed E-state index contributed by atoms with van der Waals surface area (Å²) in [6.07, 6.45) is 0.974. The number of aliphatic imine (C=N–C) groups is 1. The van der Waals surface area contributed by atoms with E-state index < -0.39 is 0 Å². The van der Waals surface area contributed by atoms with Crippen LogP contribution in [0.5, 0.6) is 5.75 Å². The molecule has 0 aliphatic rings. The summed E-state index contributed by atoms with van der Waals surface area (Å²) in [4.78, 5) is 4.51. The molecular formula is C16H28IN3O2. The third-order valence-electron chi connectivity index (χ3n) is 3.27. The molecule has 0 saturated carbocycles. The number of halogens is 1. The zero-order valence-corrected chi connectivity index (χ0v) is 16.0. The van der Waals surface area contributed by atoms with Crippen molar-refractivity contribution < 1.29 is 9.84 Å². The van der Waals surface area contributed by atoms with Crippen LogP contribution in [0.4, 0.5) is 0 Å². The van der Waals surface area contributed by atoms with Gasteiger partial charge in [0, 0.05) is 19.6 Å². The molecule has 1 atom stereocenters. The van der Waals surface area contributed by atoms with Crippen molar-refractivity contribution in [1.82, 2.24) is 10.6 Å². The van der Waals surface area contributed by atoms with Gasteiger partial charge in [0.15, 0.2) is 5.96 Å². The van der Waals surface area contributed by atoms with Crippen molar-refractivity contribution in [2.45, 2.75) is 26.2 Å². The SMILES string of the molecule is CCNC(=NCCC(C)c1ccc(OC)cc1)NCCO.I. The maximum atomic E-state index is 8.83. The van der Waals surface area contributed by atoms with Crippen LogP contribution in [0.25, 0.3) is 0 Å². The van der Waals surface area contributed by atoms with Crippen LogP contribution in [0.1, 0.15) is 31.7 Å². The van der Waals surface area contributed by atoms with Gasteiger partial charge in [0.05, 0.1) is 13.7 Å². The number of aliphatic hydroxyl groups excluding tert-OH is 1. The molecule has 126 valence electrons. The number of methoxy groups -OCH3 is 1. The van der Waals surface area contributed by atoms with Gasteiger partial charge in [-0.2, -0.15) is 0 Å². The topological polar surface area (TPSA) is 65.9 Å². The highest BCUT2D eigenvalue weighted by Gasteiger charge is 2.05. The van der Waals surface area contributed by atoms with Gasteiger partial charge in [-0.05, 0) is 37.0 Å². The Morgan fingerprint density at radius 3 is 2.50 bits per heavy atom. The molecule has 0 heterocycles. The molecule has 22 heavy (non-hydrogen) atoms. The van der Waals surface area contributed by atoms with E-state index in [0.29, 0.717) is 12.5 Å². The standard InChI is InChI=1S/C16H27N3O2.HI/c1-4-17-16(19-11-12-20)18-10-9-13(2)14-5-7-15(21-3)8-6-14;/h5-8,13,20H,4,9-12H2,1-3H3,(H2,17,18,19);1H. The van der Waals surface area contributed by atoms with Gasteiger partial charge in [-0.25, -0.2) is 0 Å². The van der Waals surface area contributed by atoms with Crippen molar-refractivity contribution in [2.75, 3.05) is 33.4 Å². The number of ether oxygens (including phenoxy) is 1. The van der Waals surface area contributed by atoms with Gasteiger partial charge < -0.3 is 20.5 Å². The quantitative estimate of drug-likeness (QED) is 0.343. The minimum absolute atomic E-state index is 0. The van der Waals surface area contributed by atoms with E-state index in [0.717, 1.165) is 31.2 Å². The highest BCUT2D eigenvalue weighted by molar-refractivity contribution is 14.0. The van der Waals surface area contributed by atoms with Crippen LogP contribution in [0.2, 0.25) is 0 Å². The molecule has 0 spiro atoms. The van der Waals surface area contributed by atoms with Gasteiger partial charge in [-0.3, -0.25) is 4.99 Å². The molecule has 0 aliphatic carbocycles. The molecule has 0 saturated heterocycles. The Hall–Kier alpha value is -1.02. The number of benzene rings is 1. The van der Waals surface area contributed by atoms with Crippen molar-refractivity contribution in [3.63, 3.8) is 0 Å². The number of nitrogens with zero attached hydrogens (tertiary/aromatic N) is 1. The molecule has 1 aromatic rings. The highest BCUT2D eigenvalue weighted by Crippen LogP contribution is 2.21. The Kier molecular flexibility index (Phi) is 11.9. The second-order valence-electron chi connectivity index (χ2n) is 4.87. The Balaban J connectivity index is 0.00000441. The molecule has 1 unspecified atom stereocenters.